The molecule has 0 fully saturated rings. The highest BCUT2D eigenvalue weighted by Gasteiger charge is 2.09. The number of hydrogen-bond acceptors (Lipinski definition) is 3. The average Bonchev–Trinajstić information content (AvgIpc) is 2.59. The largest absolute Gasteiger partial charge is 0.321 e. The lowest BCUT2D eigenvalue weighted by Crippen LogP contribution is -2.14. The number of anilines is 1. The van der Waals surface area contributed by atoms with Gasteiger partial charge in [-0.05, 0) is 49.2 Å². The summed E-state index contributed by atoms with van der Waals surface area (Å²) in [5.41, 5.74) is 5.09. The molecule has 1 N–H and O–H groups in total. The van der Waals surface area contributed by atoms with Crippen LogP contribution in [0.1, 0.15) is 21.6 Å². The van der Waals surface area contributed by atoms with E-state index in [-0.39, 0.29) is 5.91 Å². The van der Waals surface area contributed by atoms with Gasteiger partial charge in [-0.15, -0.1) is 10.2 Å². The molecule has 1 heterocycles. The van der Waals surface area contributed by atoms with Crippen molar-refractivity contribution in [2.75, 3.05) is 5.32 Å². The summed E-state index contributed by atoms with van der Waals surface area (Å²) in [7, 11) is 0. The number of aromatic nitrogens is 2. The summed E-state index contributed by atoms with van der Waals surface area (Å²) in [5.74, 6) is -0.264. The maximum absolute atomic E-state index is 12.2. The lowest BCUT2D eigenvalue weighted by Gasteiger charge is -2.07. The number of hydrogen-bond donors (Lipinski definition) is 1. The number of nitrogens with one attached hydrogen (secondary N) is 1. The molecule has 3 rings (SSSR count). The molecule has 0 radical (unpaired) electrons. The van der Waals surface area contributed by atoms with Gasteiger partial charge in [0, 0.05) is 11.3 Å². The lowest BCUT2D eigenvalue weighted by molar-refractivity contribution is 0.102. The smallest absolute Gasteiger partial charge is 0.276 e. The van der Waals surface area contributed by atoms with Crippen LogP contribution in [0.5, 0.6) is 0 Å². The second-order valence-electron chi connectivity index (χ2n) is 5.42. The monoisotopic (exact) mass is 303 g/mol. The molecule has 4 nitrogen and oxygen atoms in total. The van der Waals surface area contributed by atoms with E-state index in [4.69, 9.17) is 0 Å². The second-order valence-corrected chi connectivity index (χ2v) is 5.42. The molecular weight excluding hydrogens is 286 g/mol. The minimum Gasteiger partial charge on any atom is -0.321 e. The van der Waals surface area contributed by atoms with E-state index in [9.17, 15) is 4.79 Å². The van der Waals surface area contributed by atoms with Crippen LogP contribution >= 0.6 is 0 Å². The number of carbonyl (C=O) groups is 1. The number of rotatable bonds is 3. The molecule has 0 aliphatic rings. The molecule has 0 aliphatic carbocycles. The zero-order chi connectivity index (χ0) is 16.2. The second kappa shape index (κ2) is 6.40. The van der Waals surface area contributed by atoms with Crippen LogP contribution in [-0.4, -0.2) is 16.1 Å². The van der Waals surface area contributed by atoms with Crippen molar-refractivity contribution in [2.24, 2.45) is 0 Å². The molecule has 114 valence electrons. The van der Waals surface area contributed by atoms with Crippen LogP contribution in [0.15, 0.2) is 60.7 Å². The van der Waals surface area contributed by atoms with Gasteiger partial charge in [0.2, 0.25) is 0 Å². The van der Waals surface area contributed by atoms with Crippen molar-refractivity contribution >= 4 is 11.6 Å². The Morgan fingerprint density at radius 2 is 1.65 bits per heavy atom. The molecule has 0 saturated carbocycles. The van der Waals surface area contributed by atoms with Gasteiger partial charge in [0.25, 0.3) is 5.91 Å². The molecule has 1 aromatic heterocycles. The van der Waals surface area contributed by atoms with Crippen molar-refractivity contribution in [2.45, 2.75) is 13.8 Å². The number of carbonyl (C=O) groups excluding carboxylic acids is 1. The quantitative estimate of drug-likeness (QED) is 0.795. The molecule has 0 unspecified atom stereocenters. The minimum atomic E-state index is -0.264. The van der Waals surface area contributed by atoms with E-state index in [0.717, 1.165) is 22.5 Å². The summed E-state index contributed by atoms with van der Waals surface area (Å²) in [6, 6.07) is 19.0. The van der Waals surface area contributed by atoms with Crippen molar-refractivity contribution < 1.29 is 4.79 Å². The Balaban J connectivity index is 1.76. The number of amides is 1. The topological polar surface area (TPSA) is 54.9 Å². The molecule has 4 heteroatoms. The molecule has 0 bridgehead atoms. The van der Waals surface area contributed by atoms with E-state index < -0.39 is 0 Å². The Kier molecular flexibility index (Phi) is 4.15. The Morgan fingerprint density at radius 3 is 2.30 bits per heavy atom. The van der Waals surface area contributed by atoms with Crippen LogP contribution in [-0.2, 0) is 0 Å². The maximum Gasteiger partial charge on any atom is 0.276 e. The third-order valence-corrected chi connectivity index (χ3v) is 3.73. The highest BCUT2D eigenvalue weighted by Crippen LogP contribution is 2.17. The maximum atomic E-state index is 12.2. The molecule has 0 spiro atoms. The third-order valence-electron chi connectivity index (χ3n) is 3.73. The molecule has 0 aliphatic heterocycles. The number of benzene rings is 2. The summed E-state index contributed by atoms with van der Waals surface area (Å²) >= 11 is 0. The van der Waals surface area contributed by atoms with Crippen molar-refractivity contribution in [3.8, 4) is 11.3 Å². The van der Waals surface area contributed by atoms with Crippen LogP contribution in [0.25, 0.3) is 11.3 Å². The standard InChI is InChI=1S/C19H17N3O/c1-13-8-9-16(12-14(13)2)20-19(23)18-11-10-17(21-22-18)15-6-4-3-5-7-15/h3-12H,1-2H3,(H,20,23). The Morgan fingerprint density at radius 1 is 0.870 bits per heavy atom. The minimum absolute atomic E-state index is 0.264. The van der Waals surface area contributed by atoms with Crippen LogP contribution in [0.3, 0.4) is 0 Å². The van der Waals surface area contributed by atoms with Crippen LogP contribution in [0.2, 0.25) is 0 Å². The average molecular weight is 303 g/mol. The van der Waals surface area contributed by atoms with Gasteiger partial charge in [-0.25, -0.2) is 0 Å². The summed E-state index contributed by atoms with van der Waals surface area (Å²) in [6.07, 6.45) is 0. The molecule has 0 atom stereocenters. The van der Waals surface area contributed by atoms with Gasteiger partial charge in [-0.3, -0.25) is 4.79 Å². The van der Waals surface area contributed by atoms with Crippen molar-refractivity contribution in [3.63, 3.8) is 0 Å². The summed E-state index contributed by atoms with van der Waals surface area (Å²) < 4.78 is 0. The summed E-state index contributed by atoms with van der Waals surface area (Å²) in [5, 5.41) is 11.0. The van der Waals surface area contributed by atoms with Gasteiger partial charge >= 0.3 is 0 Å². The first-order chi connectivity index (χ1) is 11.1. The van der Waals surface area contributed by atoms with Crippen molar-refractivity contribution in [1.82, 2.24) is 10.2 Å². The van der Waals surface area contributed by atoms with Crippen LogP contribution in [0, 0.1) is 13.8 Å². The fraction of sp³-hybridized carbons (Fsp3) is 0.105. The first kappa shape index (κ1) is 14.9. The van der Waals surface area contributed by atoms with E-state index in [0.29, 0.717) is 5.69 Å². The number of aryl methyl sites for hydroxylation is 2. The van der Waals surface area contributed by atoms with Crippen LogP contribution in [0.4, 0.5) is 5.69 Å². The van der Waals surface area contributed by atoms with Gasteiger partial charge in [0.15, 0.2) is 5.69 Å². The normalized spacial score (nSPS) is 10.3. The summed E-state index contributed by atoms with van der Waals surface area (Å²) in [6.45, 7) is 4.05. The fourth-order valence-corrected chi connectivity index (χ4v) is 2.23. The van der Waals surface area contributed by atoms with Gasteiger partial charge in [0.1, 0.15) is 0 Å². The van der Waals surface area contributed by atoms with Crippen LogP contribution < -0.4 is 5.32 Å². The predicted molar refractivity (Wildman–Crippen MR) is 91.3 cm³/mol. The molecular formula is C19H17N3O. The molecule has 1 amide bonds. The fourth-order valence-electron chi connectivity index (χ4n) is 2.23. The SMILES string of the molecule is Cc1ccc(NC(=O)c2ccc(-c3ccccc3)nn2)cc1C. The van der Waals surface area contributed by atoms with E-state index in [1.54, 1.807) is 12.1 Å². The molecule has 23 heavy (non-hydrogen) atoms. The van der Waals surface area contributed by atoms with Gasteiger partial charge in [-0.1, -0.05) is 36.4 Å². The van der Waals surface area contributed by atoms with Crippen molar-refractivity contribution in [3.05, 3.63) is 77.5 Å². The van der Waals surface area contributed by atoms with E-state index in [2.05, 4.69) is 15.5 Å². The zero-order valence-corrected chi connectivity index (χ0v) is 13.1. The first-order valence-electron chi connectivity index (χ1n) is 7.41. The van der Waals surface area contributed by atoms with Crippen molar-refractivity contribution in [1.29, 1.82) is 0 Å². The molecule has 0 saturated heterocycles. The lowest BCUT2D eigenvalue weighted by atomic mass is 10.1. The first-order valence-corrected chi connectivity index (χ1v) is 7.41. The summed E-state index contributed by atoms with van der Waals surface area (Å²) in [4.78, 5) is 12.2. The Bertz CT molecular complexity index is 827. The van der Waals surface area contributed by atoms with Gasteiger partial charge in [-0.2, -0.15) is 0 Å². The van der Waals surface area contributed by atoms with E-state index in [1.165, 1.54) is 5.56 Å². The highest BCUT2D eigenvalue weighted by atomic mass is 16.1. The van der Waals surface area contributed by atoms with Gasteiger partial charge < -0.3 is 5.32 Å². The predicted octanol–water partition coefficient (Wildman–Crippen LogP) is 4.01. The highest BCUT2D eigenvalue weighted by molar-refractivity contribution is 6.02. The van der Waals surface area contributed by atoms with E-state index >= 15 is 0 Å². The molecule has 3 aromatic rings. The number of nitrogens with zero attached hydrogens (tertiary/aromatic N) is 2. The Hall–Kier alpha value is -3.01. The van der Waals surface area contributed by atoms with Gasteiger partial charge in [0.05, 0.1) is 5.69 Å². The Labute approximate surface area is 135 Å². The zero-order valence-electron chi connectivity index (χ0n) is 13.1. The van der Waals surface area contributed by atoms with E-state index in [1.807, 2.05) is 62.4 Å². The molecule has 2 aromatic carbocycles. The third kappa shape index (κ3) is 3.43.